The summed E-state index contributed by atoms with van der Waals surface area (Å²) in [6.45, 7) is 0. The average Bonchev–Trinajstić information content (AvgIpc) is 3.46. The van der Waals surface area contributed by atoms with Crippen LogP contribution in [0.3, 0.4) is 0 Å². The quantitative estimate of drug-likeness (QED) is 0.368. The Kier molecular flexibility index (Phi) is 4.00. The number of halogens is 2. The summed E-state index contributed by atoms with van der Waals surface area (Å²) in [7, 11) is -5.95. The molecule has 1 heterocycles. The molecule has 4 bridgehead atoms. The maximum atomic E-state index is 14.4. The number of hydrogen-bond donors (Lipinski definition) is 0. The average molecular weight is 431 g/mol. The second-order valence-electron chi connectivity index (χ2n) is 8.63. The van der Waals surface area contributed by atoms with Gasteiger partial charge in [-0.3, -0.25) is 9.59 Å². The van der Waals surface area contributed by atoms with E-state index in [9.17, 15) is 31.6 Å². The highest BCUT2D eigenvalue weighted by atomic mass is 32.2. The number of hydrogen-bond acceptors (Lipinski definition) is 7. The number of imide groups is 1. The van der Waals surface area contributed by atoms with Gasteiger partial charge in [-0.1, -0.05) is 12.2 Å². The Morgan fingerprint density at radius 3 is 2.17 bits per heavy atom. The number of hydroxylamine groups is 2. The van der Waals surface area contributed by atoms with E-state index in [0.29, 0.717) is 18.8 Å². The van der Waals surface area contributed by atoms with Crippen LogP contribution in [0.1, 0.15) is 32.1 Å². The lowest BCUT2D eigenvalue weighted by Crippen LogP contribution is -2.46. The van der Waals surface area contributed by atoms with Crippen LogP contribution >= 0.6 is 0 Å². The van der Waals surface area contributed by atoms with Crippen LogP contribution in [0.15, 0.2) is 12.2 Å². The highest BCUT2D eigenvalue weighted by Crippen LogP contribution is 2.53. The van der Waals surface area contributed by atoms with Crippen LogP contribution in [-0.4, -0.2) is 42.6 Å². The van der Waals surface area contributed by atoms with Crippen molar-refractivity contribution in [3.05, 3.63) is 12.2 Å². The van der Waals surface area contributed by atoms with Gasteiger partial charge in [-0.05, 0) is 55.8 Å². The fraction of sp³-hybridized carbons (Fsp3) is 0.722. The van der Waals surface area contributed by atoms with Crippen molar-refractivity contribution in [1.82, 2.24) is 5.06 Å². The number of allylic oxidation sites excluding steroid dienone is 2. The summed E-state index contributed by atoms with van der Waals surface area (Å²) in [6.07, 6.45) is 6.23. The summed E-state index contributed by atoms with van der Waals surface area (Å²) in [5, 5.41) is -5.15. The molecule has 0 spiro atoms. The number of fused-ring (bicyclic) bond motifs is 7. The minimum absolute atomic E-state index is 0.0486. The Balaban J connectivity index is 1.31. The van der Waals surface area contributed by atoms with E-state index in [1.807, 2.05) is 0 Å². The molecule has 158 valence electrons. The van der Waals surface area contributed by atoms with Gasteiger partial charge in [0.25, 0.3) is 11.8 Å². The van der Waals surface area contributed by atoms with Crippen molar-refractivity contribution in [1.29, 1.82) is 0 Å². The minimum atomic E-state index is -5.95. The number of alkyl halides is 2. The molecule has 2 amide bonds. The smallest absolute Gasteiger partial charge is 0.457 e. The molecule has 4 aliphatic carbocycles. The second kappa shape index (κ2) is 6.07. The molecule has 1 saturated heterocycles. The number of rotatable bonds is 5. The number of ether oxygens (including phenoxy) is 1. The molecule has 0 radical (unpaired) electrons. The van der Waals surface area contributed by atoms with Crippen LogP contribution in [-0.2, 0) is 33.5 Å². The van der Waals surface area contributed by atoms with Gasteiger partial charge in [-0.15, -0.1) is 9.35 Å². The zero-order valence-corrected chi connectivity index (χ0v) is 16.0. The molecule has 7 atom stereocenters. The van der Waals surface area contributed by atoms with Gasteiger partial charge in [0.15, 0.2) is 0 Å². The van der Waals surface area contributed by atoms with Crippen LogP contribution in [0.25, 0.3) is 0 Å². The van der Waals surface area contributed by atoms with E-state index >= 15 is 0 Å². The number of carbonyl (C=O) groups excluding carboxylic acids is 3. The largest absolute Gasteiger partial charge is 0.467 e. The van der Waals surface area contributed by atoms with Crippen molar-refractivity contribution in [2.45, 2.75) is 43.5 Å². The topological polar surface area (TPSA) is 107 Å². The van der Waals surface area contributed by atoms with Gasteiger partial charge < -0.3 is 4.74 Å². The third-order valence-electron chi connectivity index (χ3n) is 7.09. The molecule has 4 fully saturated rings. The number of esters is 1. The first-order valence-electron chi connectivity index (χ1n) is 9.69. The molecular weight excluding hydrogens is 412 g/mol. The Morgan fingerprint density at radius 1 is 1.03 bits per heavy atom. The number of nitrogens with zero attached hydrogens (tertiary/aromatic N) is 1. The maximum absolute atomic E-state index is 14.4. The van der Waals surface area contributed by atoms with Gasteiger partial charge in [0, 0.05) is 0 Å². The molecule has 0 aromatic heterocycles. The lowest BCUT2D eigenvalue weighted by molar-refractivity contribution is -0.176. The molecular formula is C18H19F2NO7S. The molecule has 8 nitrogen and oxygen atoms in total. The third kappa shape index (κ3) is 2.62. The summed E-state index contributed by atoms with van der Waals surface area (Å²) in [6, 6.07) is 0. The fourth-order valence-corrected chi connectivity index (χ4v) is 6.42. The molecule has 11 heteroatoms. The highest BCUT2D eigenvalue weighted by Gasteiger charge is 2.64. The summed E-state index contributed by atoms with van der Waals surface area (Å²) in [4.78, 5) is 36.9. The van der Waals surface area contributed by atoms with Gasteiger partial charge in [0.2, 0.25) is 0 Å². The van der Waals surface area contributed by atoms with E-state index in [1.54, 1.807) is 12.2 Å². The first kappa shape index (κ1) is 19.1. The van der Waals surface area contributed by atoms with Crippen molar-refractivity contribution in [2.75, 3.05) is 0 Å². The van der Waals surface area contributed by atoms with Crippen LogP contribution < -0.4 is 0 Å². The monoisotopic (exact) mass is 431 g/mol. The summed E-state index contributed by atoms with van der Waals surface area (Å²) < 4.78 is 62.1. The van der Waals surface area contributed by atoms with Gasteiger partial charge in [0.05, 0.1) is 11.8 Å². The number of amides is 2. The first-order valence-corrected chi connectivity index (χ1v) is 11.1. The molecule has 1 aliphatic heterocycles. The molecule has 0 aromatic carbocycles. The minimum Gasteiger partial charge on any atom is -0.457 e. The molecule has 0 N–H and O–H groups in total. The summed E-state index contributed by atoms with van der Waals surface area (Å²) in [5.41, 5.74) is 0. The van der Waals surface area contributed by atoms with E-state index in [0.717, 1.165) is 19.3 Å². The molecule has 3 saturated carbocycles. The molecule has 7 unspecified atom stereocenters. The van der Waals surface area contributed by atoms with Crippen LogP contribution in [0.4, 0.5) is 8.78 Å². The molecule has 29 heavy (non-hydrogen) atoms. The summed E-state index contributed by atoms with van der Waals surface area (Å²) >= 11 is 0. The zero-order chi connectivity index (χ0) is 20.7. The van der Waals surface area contributed by atoms with Crippen molar-refractivity contribution >= 4 is 27.9 Å². The predicted molar refractivity (Wildman–Crippen MR) is 89.8 cm³/mol. The zero-order valence-electron chi connectivity index (χ0n) is 15.2. The molecule has 5 aliphatic rings. The van der Waals surface area contributed by atoms with Gasteiger partial charge in [0.1, 0.15) is 6.10 Å². The lowest BCUT2D eigenvalue weighted by atomic mass is 9.85. The Morgan fingerprint density at radius 2 is 1.66 bits per heavy atom. The van der Waals surface area contributed by atoms with E-state index in [1.165, 1.54) is 0 Å². The van der Waals surface area contributed by atoms with Crippen LogP contribution in [0.2, 0.25) is 0 Å². The predicted octanol–water partition coefficient (Wildman–Crippen LogP) is 1.38. The van der Waals surface area contributed by atoms with Gasteiger partial charge >= 0.3 is 21.3 Å². The molecule has 5 rings (SSSR count). The van der Waals surface area contributed by atoms with Crippen molar-refractivity contribution in [2.24, 2.45) is 35.5 Å². The van der Waals surface area contributed by atoms with Gasteiger partial charge in [-0.2, -0.15) is 17.2 Å². The Bertz CT molecular complexity index is 902. The van der Waals surface area contributed by atoms with Gasteiger partial charge in [-0.25, -0.2) is 4.79 Å². The third-order valence-corrected chi connectivity index (χ3v) is 8.23. The lowest BCUT2D eigenvalue weighted by Gasteiger charge is -2.25. The van der Waals surface area contributed by atoms with E-state index in [-0.39, 0.29) is 22.8 Å². The standard InChI is InChI=1S/C18H19F2NO7S/c19-18(20,17(24)27-12-6-8-1-2-9(12)5-8)29(25,26)28-21-15(22)13-10-3-4-11(7-10)14(13)16(21)23/h3-4,8-14H,1-2,5-7H2. The summed E-state index contributed by atoms with van der Waals surface area (Å²) in [5.74, 6) is -6.08. The van der Waals surface area contributed by atoms with E-state index < -0.39 is 51.1 Å². The van der Waals surface area contributed by atoms with E-state index in [2.05, 4.69) is 4.28 Å². The van der Waals surface area contributed by atoms with E-state index in [4.69, 9.17) is 4.74 Å². The number of carbonyl (C=O) groups is 3. The van der Waals surface area contributed by atoms with Crippen molar-refractivity contribution in [3.63, 3.8) is 0 Å². The van der Waals surface area contributed by atoms with Crippen molar-refractivity contribution in [3.8, 4) is 0 Å². The molecule has 0 aromatic rings. The highest BCUT2D eigenvalue weighted by molar-refractivity contribution is 7.88. The maximum Gasteiger partial charge on any atom is 0.467 e. The Labute approximate surface area is 165 Å². The van der Waals surface area contributed by atoms with Crippen molar-refractivity contribution < 1.29 is 40.6 Å². The SMILES string of the molecule is O=C1C2C3C=CC(C3)C2C(=O)N1OS(=O)(=O)C(F)(F)C(=O)OC1CC2CCC1C2. The normalized spacial score (nSPS) is 40.2. The van der Waals surface area contributed by atoms with Crippen LogP contribution in [0.5, 0.6) is 0 Å². The Hall–Kier alpha value is -1.88. The second-order valence-corrected chi connectivity index (χ2v) is 10.2. The fourth-order valence-electron chi connectivity index (χ4n) is 5.73. The first-order chi connectivity index (χ1) is 13.6. The van der Waals surface area contributed by atoms with Crippen LogP contribution in [0, 0.1) is 35.5 Å².